The van der Waals surface area contributed by atoms with Crippen molar-refractivity contribution in [3.05, 3.63) is 66.0 Å². The minimum absolute atomic E-state index is 0.146. The molecule has 0 saturated heterocycles. The number of aliphatic imine (C=N–C) groups is 1. The quantitative estimate of drug-likeness (QED) is 0.399. The Hall–Kier alpha value is -3.68. The standard InChI is InChI=1S/C21H22FN5O2/c1-21(2,3)25-20(24-19(29)13-7-9-15(22)10-8-13)23-18-12-17(26-27-18)14-5-4-6-16(28)11-14/h4-12,28H,1-3H3,(H3,23,24,25,26,27,29). The number of carbonyl (C=O) groups excluding carboxylic acids is 1. The molecule has 0 aliphatic carbocycles. The van der Waals surface area contributed by atoms with Crippen molar-refractivity contribution in [3.63, 3.8) is 0 Å². The molecule has 0 bridgehead atoms. The zero-order valence-corrected chi connectivity index (χ0v) is 16.3. The molecule has 0 atom stereocenters. The lowest BCUT2D eigenvalue weighted by Crippen LogP contribution is -2.38. The maximum absolute atomic E-state index is 13.1. The molecule has 0 radical (unpaired) electrons. The number of phenolic OH excluding ortho intramolecular Hbond substituents is 1. The summed E-state index contributed by atoms with van der Waals surface area (Å²) < 4.78 is 13.1. The fourth-order valence-electron chi connectivity index (χ4n) is 2.53. The number of hydrogen-bond acceptors (Lipinski definition) is 4. The van der Waals surface area contributed by atoms with Gasteiger partial charge in [-0.15, -0.1) is 0 Å². The number of nitrogens with one attached hydrogen (secondary N) is 3. The first kappa shape index (κ1) is 20.1. The van der Waals surface area contributed by atoms with Gasteiger partial charge in [0.1, 0.15) is 11.6 Å². The SMILES string of the molecule is CC(C)(C)N=C(NC(=O)c1ccc(F)cc1)Nc1cc(-c2cccc(O)c2)[nH]n1. The molecule has 3 aromatic rings. The molecule has 4 N–H and O–H groups in total. The van der Waals surface area contributed by atoms with Crippen LogP contribution >= 0.6 is 0 Å². The lowest BCUT2D eigenvalue weighted by molar-refractivity contribution is 0.0976. The third-order valence-corrected chi connectivity index (χ3v) is 3.77. The summed E-state index contributed by atoms with van der Waals surface area (Å²) in [5, 5.41) is 22.4. The Morgan fingerprint density at radius 3 is 2.52 bits per heavy atom. The summed E-state index contributed by atoms with van der Waals surface area (Å²) in [4.78, 5) is 17.0. The molecule has 2 aromatic carbocycles. The molecule has 3 rings (SSSR count). The number of H-pyrrole nitrogens is 1. The highest BCUT2D eigenvalue weighted by Crippen LogP contribution is 2.23. The van der Waals surface area contributed by atoms with Gasteiger partial charge in [-0.1, -0.05) is 12.1 Å². The van der Waals surface area contributed by atoms with Gasteiger partial charge >= 0.3 is 0 Å². The van der Waals surface area contributed by atoms with Crippen LogP contribution in [-0.2, 0) is 0 Å². The molecule has 0 aliphatic heterocycles. The molecule has 7 nitrogen and oxygen atoms in total. The number of halogens is 1. The van der Waals surface area contributed by atoms with Crippen LogP contribution < -0.4 is 10.6 Å². The average molecular weight is 395 g/mol. The predicted molar refractivity (Wildman–Crippen MR) is 110 cm³/mol. The smallest absolute Gasteiger partial charge is 0.257 e. The maximum atomic E-state index is 13.1. The van der Waals surface area contributed by atoms with Crippen LogP contribution in [-0.4, -0.2) is 32.7 Å². The number of guanidine groups is 1. The number of phenols is 1. The Kier molecular flexibility index (Phi) is 5.63. The van der Waals surface area contributed by atoms with Gasteiger partial charge in [-0.2, -0.15) is 5.10 Å². The summed E-state index contributed by atoms with van der Waals surface area (Å²) in [7, 11) is 0. The topological polar surface area (TPSA) is 102 Å². The minimum atomic E-state index is -0.469. The van der Waals surface area contributed by atoms with E-state index in [9.17, 15) is 14.3 Å². The summed E-state index contributed by atoms with van der Waals surface area (Å²) in [5.41, 5.74) is 1.28. The van der Waals surface area contributed by atoms with Crippen LogP contribution in [0.2, 0.25) is 0 Å². The van der Waals surface area contributed by atoms with E-state index < -0.39 is 17.3 Å². The number of nitrogens with zero attached hydrogens (tertiary/aromatic N) is 2. The fraction of sp³-hybridized carbons (Fsp3) is 0.190. The fourth-order valence-corrected chi connectivity index (χ4v) is 2.53. The molecule has 1 aromatic heterocycles. The van der Waals surface area contributed by atoms with Crippen molar-refractivity contribution in [2.75, 3.05) is 5.32 Å². The van der Waals surface area contributed by atoms with Crippen molar-refractivity contribution in [2.45, 2.75) is 26.3 Å². The normalized spacial score (nSPS) is 11.9. The minimum Gasteiger partial charge on any atom is -0.508 e. The van der Waals surface area contributed by atoms with Gasteiger partial charge in [0.2, 0.25) is 5.96 Å². The van der Waals surface area contributed by atoms with E-state index >= 15 is 0 Å². The van der Waals surface area contributed by atoms with Gasteiger partial charge in [-0.3, -0.25) is 15.2 Å². The van der Waals surface area contributed by atoms with Crippen LogP contribution in [0.25, 0.3) is 11.3 Å². The second-order valence-electron chi connectivity index (χ2n) is 7.43. The van der Waals surface area contributed by atoms with Gasteiger partial charge in [0.15, 0.2) is 5.82 Å². The maximum Gasteiger partial charge on any atom is 0.257 e. The number of aromatic hydroxyl groups is 1. The summed E-state index contributed by atoms with van der Waals surface area (Å²) in [6.45, 7) is 5.67. The van der Waals surface area contributed by atoms with E-state index in [4.69, 9.17) is 0 Å². The summed E-state index contributed by atoms with van der Waals surface area (Å²) in [6.07, 6.45) is 0. The van der Waals surface area contributed by atoms with E-state index in [1.54, 1.807) is 24.3 Å². The molecular weight excluding hydrogens is 373 g/mol. The highest BCUT2D eigenvalue weighted by molar-refractivity contribution is 6.09. The second-order valence-corrected chi connectivity index (χ2v) is 7.43. The number of benzene rings is 2. The van der Waals surface area contributed by atoms with Gasteiger partial charge in [-0.25, -0.2) is 9.38 Å². The summed E-state index contributed by atoms with van der Waals surface area (Å²) >= 11 is 0. The first-order valence-electron chi connectivity index (χ1n) is 8.98. The number of amides is 1. The van der Waals surface area contributed by atoms with Gasteiger partial charge in [0.05, 0.1) is 11.2 Å². The first-order valence-corrected chi connectivity index (χ1v) is 8.98. The molecule has 1 heterocycles. The number of hydrogen-bond donors (Lipinski definition) is 4. The van der Waals surface area contributed by atoms with Gasteiger partial charge in [-0.05, 0) is 57.2 Å². The largest absolute Gasteiger partial charge is 0.508 e. The Morgan fingerprint density at radius 1 is 1.14 bits per heavy atom. The summed E-state index contributed by atoms with van der Waals surface area (Å²) in [5.74, 6) is -0.0526. The summed E-state index contributed by atoms with van der Waals surface area (Å²) in [6, 6.07) is 13.7. The molecular formula is C21H22FN5O2. The van der Waals surface area contributed by atoms with E-state index in [2.05, 4.69) is 25.8 Å². The number of aromatic amines is 1. The highest BCUT2D eigenvalue weighted by atomic mass is 19.1. The van der Waals surface area contributed by atoms with Crippen molar-refractivity contribution in [1.82, 2.24) is 15.5 Å². The molecule has 29 heavy (non-hydrogen) atoms. The van der Waals surface area contributed by atoms with Crippen LogP contribution in [0, 0.1) is 5.82 Å². The van der Waals surface area contributed by atoms with Crippen LogP contribution in [0.4, 0.5) is 10.2 Å². The van der Waals surface area contributed by atoms with E-state index in [0.29, 0.717) is 17.1 Å². The first-order chi connectivity index (χ1) is 13.7. The van der Waals surface area contributed by atoms with Gasteiger partial charge in [0.25, 0.3) is 5.91 Å². The lowest BCUT2D eigenvalue weighted by Gasteiger charge is -2.17. The molecule has 1 amide bonds. The van der Waals surface area contributed by atoms with Crippen LogP contribution in [0.3, 0.4) is 0 Å². The monoisotopic (exact) mass is 395 g/mol. The van der Waals surface area contributed by atoms with Crippen LogP contribution in [0.15, 0.2) is 59.6 Å². The molecule has 0 spiro atoms. The zero-order valence-electron chi connectivity index (χ0n) is 16.3. The predicted octanol–water partition coefficient (Wildman–Crippen LogP) is 3.92. The Labute approximate surface area is 167 Å². The van der Waals surface area contributed by atoms with Crippen LogP contribution in [0.5, 0.6) is 5.75 Å². The number of aromatic nitrogens is 2. The number of anilines is 1. The van der Waals surface area contributed by atoms with Gasteiger partial charge < -0.3 is 10.4 Å². The molecule has 0 aliphatic rings. The molecule has 0 fully saturated rings. The van der Waals surface area contributed by atoms with Crippen molar-refractivity contribution in [3.8, 4) is 17.0 Å². The third-order valence-electron chi connectivity index (χ3n) is 3.77. The Morgan fingerprint density at radius 2 is 1.86 bits per heavy atom. The Balaban J connectivity index is 1.80. The van der Waals surface area contributed by atoms with Gasteiger partial charge in [0, 0.05) is 17.2 Å². The van der Waals surface area contributed by atoms with E-state index in [-0.39, 0.29) is 11.7 Å². The highest BCUT2D eigenvalue weighted by Gasteiger charge is 2.15. The second kappa shape index (κ2) is 8.14. The van der Waals surface area contributed by atoms with Crippen LogP contribution in [0.1, 0.15) is 31.1 Å². The molecule has 0 saturated carbocycles. The number of carbonyl (C=O) groups is 1. The number of rotatable bonds is 3. The van der Waals surface area contributed by atoms with Crippen molar-refractivity contribution >= 4 is 17.7 Å². The lowest BCUT2D eigenvalue weighted by atomic mass is 10.1. The third kappa shape index (κ3) is 5.65. The molecule has 8 heteroatoms. The van der Waals surface area contributed by atoms with E-state index in [1.165, 1.54) is 24.3 Å². The molecule has 150 valence electrons. The van der Waals surface area contributed by atoms with E-state index in [1.807, 2.05) is 26.8 Å². The average Bonchev–Trinajstić information content (AvgIpc) is 3.09. The van der Waals surface area contributed by atoms with Crippen molar-refractivity contribution in [2.24, 2.45) is 4.99 Å². The van der Waals surface area contributed by atoms with Crippen molar-refractivity contribution < 1.29 is 14.3 Å². The van der Waals surface area contributed by atoms with Crippen molar-refractivity contribution in [1.29, 1.82) is 0 Å². The zero-order chi connectivity index (χ0) is 21.0. The Bertz CT molecular complexity index is 1040. The van der Waals surface area contributed by atoms with E-state index in [0.717, 1.165) is 5.56 Å². The molecule has 0 unspecified atom stereocenters.